The summed E-state index contributed by atoms with van der Waals surface area (Å²) in [6, 6.07) is 19.7. The van der Waals surface area contributed by atoms with Crippen LogP contribution in [0.3, 0.4) is 0 Å². The molecule has 56 heavy (non-hydrogen) atoms. The van der Waals surface area contributed by atoms with E-state index in [4.69, 9.17) is 5.14 Å². The van der Waals surface area contributed by atoms with Crippen LogP contribution in [0.4, 0.5) is 28.4 Å². The van der Waals surface area contributed by atoms with E-state index in [1.807, 2.05) is 0 Å². The molecule has 0 radical (unpaired) electrons. The van der Waals surface area contributed by atoms with E-state index >= 15 is 0 Å². The van der Waals surface area contributed by atoms with Crippen LogP contribution in [0.5, 0.6) is 11.5 Å². The zero-order valence-corrected chi connectivity index (χ0v) is 34.4. The van der Waals surface area contributed by atoms with E-state index in [0.717, 1.165) is 49.6 Å². The summed E-state index contributed by atoms with van der Waals surface area (Å²) >= 11 is 0. The van der Waals surface area contributed by atoms with E-state index in [1.165, 1.54) is 18.2 Å². The van der Waals surface area contributed by atoms with E-state index in [1.54, 1.807) is 42.5 Å². The Bertz CT molecular complexity index is 2480. The van der Waals surface area contributed by atoms with Crippen LogP contribution < -0.4 is 55.6 Å². The number of phenols is 2. The van der Waals surface area contributed by atoms with Gasteiger partial charge in [0.25, 0.3) is 11.6 Å². The Balaban J connectivity index is 0.000000375. The maximum Gasteiger partial charge on any atom is 1.00 e. The minimum atomic E-state index is -4.00. The molecule has 8 N–H and O–H groups in total. The number of nitro groups is 1. The van der Waals surface area contributed by atoms with Crippen molar-refractivity contribution >= 4 is 83.5 Å². The first-order chi connectivity index (χ1) is 25.3. The predicted octanol–water partition coefficient (Wildman–Crippen LogP) is 0.121. The number of nitrogens with two attached hydrogens (primary N) is 1. The van der Waals surface area contributed by atoms with Gasteiger partial charge in [-0.1, -0.05) is 36.4 Å². The van der Waals surface area contributed by atoms with Crippen molar-refractivity contribution in [1.29, 1.82) is 0 Å². The van der Waals surface area contributed by atoms with Gasteiger partial charge in [-0.2, -0.15) is 10.2 Å². The first kappa shape index (κ1) is 46.7. The number of nitrogens with one attached hydrogen (secondary N) is 4. The molecule has 0 bridgehead atoms. The van der Waals surface area contributed by atoms with Crippen LogP contribution in [-0.2, 0) is 51.8 Å². The fraction of sp³-hybridized carbons (Fsp3) is 0.0606. The number of nitro benzene ring substituents is 1. The largest absolute Gasteiger partial charge is 1.00 e. The minimum absolute atomic E-state index is 0. The molecule has 4 aromatic rings. The van der Waals surface area contributed by atoms with Gasteiger partial charge >= 0.3 is 29.6 Å². The molecule has 286 valence electrons. The second kappa shape index (κ2) is 19.9. The van der Waals surface area contributed by atoms with Gasteiger partial charge in [0.1, 0.15) is 22.9 Å². The summed E-state index contributed by atoms with van der Waals surface area (Å²) in [6.45, 7) is 1.14. The molecule has 4 aromatic carbocycles. The number of aromatic hydroxyl groups is 2. The average Bonchev–Trinajstić information content (AvgIpc) is 3.09. The van der Waals surface area contributed by atoms with Gasteiger partial charge in [0.15, 0.2) is 11.5 Å². The molecular formula is C33H30CrN8NaO11S2+. The molecule has 1 aliphatic carbocycles. The van der Waals surface area contributed by atoms with Gasteiger partial charge in [0.05, 0.1) is 27.4 Å². The number of amides is 1. The van der Waals surface area contributed by atoms with Gasteiger partial charge in [0.2, 0.25) is 25.8 Å². The Hall–Kier alpha value is -5.44. The maximum atomic E-state index is 12.4. The molecule has 1 amide bonds. The van der Waals surface area contributed by atoms with Gasteiger partial charge in [-0.3, -0.25) is 40.1 Å². The quantitative estimate of drug-likeness (QED) is 0.0264. The van der Waals surface area contributed by atoms with Crippen LogP contribution in [0.2, 0.25) is 0 Å². The van der Waals surface area contributed by atoms with Crippen molar-refractivity contribution in [2.24, 2.45) is 15.3 Å². The fourth-order valence-corrected chi connectivity index (χ4v) is 5.59. The van der Waals surface area contributed by atoms with Crippen molar-refractivity contribution in [3.05, 3.63) is 112 Å². The number of phenolic OH excluding ortho intramolecular Hbond substituents is 2. The van der Waals surface area contributed by atoms with E-state index in [-0.39, 0.29) is 97.3 Å². The number of fused-ring (bicyclic) bond motifs is 1. The third-order valence-corrected chi connectivity index (χ3v) is 8.42. The van der Waals surface area contributed by atoms with Crippen LogP contribution in [0, 0.1) is 10.1 Å². The number of hydrazone groups is 2. The van der Waals surface area contributed by atoms with Crippen molar-refractivity contribution < 1.29 is 93.3 Å². The number of para-hydroxylation sites is 1. The van der Waals surface area contributed by atoms with E-state index in [9.17, 15) is 51.5 Å². The Morgan fingerprint density at radius 2 is 1.46 bits per heavy atom. The van der Waals surface area contributed by atoms with Crippen LogP contribution in [0.15, 0.2) is 106 Å². The number of carbonyl (C=O) groups excluding carboxylic acids is 3. The van der Waals surface area contributed by atoms with E-state index in [2.05, 4.69) is 31.1 Å². The zero-order chi connectivity index (χ0) is 39.8. The van der Waals surface area contributed by atoms with Crippen LogP contribution in [0.25, 0.3) is 6.08 Å². The smallest absolute Gasteiger partial charge is 0.506 e. The summed E-state index contributed by atoms with van der Waals surface area (Å²) < 4.78 is 48.3. The molecule has 0 unspecified atom stereocenters. The topological polar surface area (TPSA) is 302 Å². The van der Waals surface area contributed by atoms with Crippen molar-refractivity contribution in [2.75, 3.05) is 27.1 Å². The number of carbonyl (C=O) groups is 3. The Labute approximate surface area is 352 Å². The van der Waals surface area contributed by atoms with Gasteiger partial charge in [-0.15, -0.1) is 0 Å². The third-order valence-electron chi connectivity index (χ3n) is 6.92. The third kappa shape index (κ3) is 12.8. The molecule has 19 nitrogen and oxygen atoms in total. The number of Topliss-reactive ketones (excluding diaryl/α,β-unsaturated/α-hetero) is 1. The number of sulfonamides is 2. The summed E-state index contributed by atoms with van der Waals surface area (Å²) in [5, 5.41) is 45.7. The molecule has 0 atom stereocenters. The summed E-state index contributed by atoms with van der Waals surface area (Å²) in [7, 11) is -7.62. The van der Waals surface area contributed by atoms with Crippen LogP contribution in [-0.4, -0.2) is 67.1 Å². The molecule has 0 spiro atoms. The number of hydrogen-bond acceptors (Lipinski definition) is 15. The van der Waals surface area contributed by atoms with Gasteiger partial charge in [0, 0.05) is 47.7 Å². The zero-order valence-electron chi connectivity index (χ0n) is 29.5. The molecule has 0 heterocycles. The fourth-order valence-electron chi connectivity index (χ4n) is 4.48. The van der Waals surface area contributed by atoms with E-state index < -0.39 is 48.2 Å². The summed E-state index contributed by atoms with van der Waals surface area (Å²) in [5.41, 5.74) is 5.09. The Kier molecular flexibility index (Phi) is 16.6. The van der Waals surface area contributed by atoms with Gasteiger partial charge in [-0.25, -0.2) is 22.0 Å². The van der Waals surface area contributed by atoms with E-state index in [0.29, 0.717) is 11.3 Å². The molecule has 0 aromatic heterocycles. The van der Waals surface area contributed by atoms with Gasteiger partial charge < -0.3 is 15.5 Å². The second-order valence-electron chi connectivity index (χ2n) is 11.0. The van der Waals surface area contributed by atoms with Crippen LogP contribution in [0.1, 0.15) is 18.1 Å². The minimum Gasteiger partial charge on any atom is -0.506 e. The molecule has 1 aliphatic rings. The van der Waals surface area contributed by atoms with Crippen molar-refractivity contribution in [3.8, 4) is 11.5 Å². The average molecular weight is 854 g/mol. The first-order valence-electron chi connectivity index (χ1n) is 15.1. The van der Waals surface area contributed by atoms with Crippen molar-refractivity contribution in [2.45, 2.75) is 11.8 Å². The first-order valence-corrected chi connectivity index (χ1v) is 18.5. The number of nitrogens with zero attached hydrogens (tertiary/aromatic N) is 3. The molecule has 23 heteroatoms. The van der Waals surface area contributed by atoms with Crippen molar-refractivity contribution in [3.63, 3.8) is 0 Å². The monoisotopic (exact) mass is 853 g/mol. The summed E-state index contributed by atoms with van der Waals surface area (Å²) in [5.74, 6) is -2.55. The SMILES string of the molecule is CC(=O)/C(=N/Nc1cc(S(N)(=O)=O)ccc1O)C(=O)Nc1ccccc1.CS(=O)(=O)Nc1cccc2c1/C(=N/Nc1cc([N+](=O)[O-])ccc1O)C(=O)C=C2.[Cr].[Na+]. The number of allylic oxidation sites excluding steroid dienone is 1. The van der Waals surface area contributed by atoms with Crippen LogP contribution >= 0.6 is 0 Å². The molecule has 0 fully saturated rings. The van der Waals surface area contributed by atoms with Crippen molar-refractivity contribution in [1.82, 2.24) is 0 Å². The Morgan fingerprint density at radius 1 is 0.839 bits per heavy atom. The standard InChI is InChI=1S/C17H14N4O6S.C16H16N4O5S.Cr.Na/c1-28(26,27)20-12-4-2-3-10-5-7-15(23)17(16(10)12)19-18-13-9-11(21(24)25)6-8-14(13)22;1-10(21)15(16(23)18-11-5-3-2-4-6-11)20-19-13-9-12(26(17,24)25)7-8-14(13)22;;/h2-9,18,20,22H,1H3;2-9,19,22H,1H3,(H,18,23)(H2,17,24,25);;/q;;;+1/b19-17+;20-15-;;. The number of non-ortho nitro benzene ring substituents is 1. The summed E-state index contributed by atoms with van der Waals surface area (Å²) in [6.07, 6.45) is 3.76. The molecule has 5 rings (SSSR count). The van der Waals surface area contributed by atoms with Gasteiger partial charge in [-0.05, 0) is 54.1 Å². The number of rotatable bonds is 11. The molecule has 0 saturated carbocycles. The molecule has 0 saturated heterocycles. The number of primary sulfonamides is 1. The number of ketones is 2. The molecular weight excluding hydrogens is 824 g/mol. The normalized spacial score (nSPS) is 12.7. The number of anilines is 4. The maximum absolute atomic E-state index is 12.4. The predicted molar refractivity (Wildman–Crippen MR) is 200 cm³/mol. The molecule has 0 aliphatic heterocycles. The second-order valence-corrected chi connectivity index (χ2v) is 14.4. The summed E-state index contributed by atoms with van der Waals surface area (Å²) in [4.78, 5) is 46.2. The Morgan fingerprint density at radius 3 is 2.05 bits per heavy atom. The number of hydrogen-bond donors (Lipinski definition) is 7. The number of benzene rings is 4.